The lowest BCUT2D eigenvalue weighted by Crippen LogP contribution is -2.48. The number of likely N-dealkylation sites (N-methyl/N-ethyl adjacent to an activating group) is 1. The molecule has 3 atom stereocenters. The quantitative estimate of drug-likeness (QED) is 0.484. The van der Waals surface area contributed by atoms with Crippen LogP contribution >= 0.6 is 0 Å². The summed E-state index contributed by atoms with van der Waals surface area (Å²) in [5.74, 6) is -0.0874. The average Bonchev–Trinajstić information content (AvgIpc) is 3.16. The molecule has 1 aliphatic rings. The van der Waals surface area contributed by atoms with Gasteiger partial charge in [-0.1, -0.05) is 12.1 Å². The summed E-state index contributed by atoms with van der Waals surface area (Å²) in [5.41, 5.74) is 0.947. The maximum absolute atomic E-state index is 13.3. The molecular weight excluding hydrogens is 524 g/mol. The van der Waals surface area contributed by atoms with Gasteiger partial charge in [-0.2, -0.15) is 4.31 Å². The van der Waals surface area contributed by atoms with Crippen LogP contribution in [0.1, 0.15) is 30.9 Å². The van der Waals surface area contributed by atoms with Crippen LogP contribution < -0.4 is 9.46 Å². The van der Waals surface area contributed by atoms with Crippen LogP contribution in [0.4, 0.5) is 5.69 Å². The number of rotatable bonds is 8. The van der Waals surface area contributed by atoms with E-state index in [2.05, 4.69) is 9.88 Å². The second kappa shape index (κ2) is 11.0. The molecular formula is C23H34N4O8S2. The average molecular weight is 559 g/mol. The number of nitrogens with zero attached hydrogens (tertiary/aromatic N) is 3. The Labute approximate surface area is 217 Å². The van der Waals surface area contributed by atoms with E-state index in [0.717, 1.165) is 6.26 Å². The molecule has 2 heterocycles. The lowest BCUT2D eigenvalue weighted by molar-refractivity contribution is -0.134. The first-order valence-corrected chi connectivity index (χ1v) is 15.0. The zero-order valence-electron chi connectivity index (χ0n) is 21.8. The monoisotopic (exact) mass is 558 g/mol. The van der Waals surface area contributed by atoms with Crippen LogP contribution in [0.2, 0.25) is 0 Å². The minimum Gasteiger partial charge on any atom is -0.488 e. The van der Waals surface area contributed by atoms with Crippen LogP contribution in [-0.4, -0.2) is 87.4 Å². The van der Waals surface area contributed by atoms with Gasteiger partial charge >= 0.3 is 0 Å². The van der Waals surface area contributed by atoms with Crippen molar-refractivity contribution >= 4 is 31.6 Å². The number of carbonyl (C=O) groups is 1. The first-order chi connectivity index (χ1) is 17.1. The largest absolute Gasteiger partial charge is 0.488 e. The molecule has 0 fully saturated rings. The number of benzene rings is 1. The molecule has 12 nitrogen and oxygen atoms in total. The third-order valence-electron chi connectivity index (χ3n) is 6.29. The highest BCUT2D eigenvalue weighted by Crippen LogP contribution is 2.30. The first kappa shape index (κ1) is 28.9. The second-order valence-electron chi connectivity index (χ2n) is 9.52. The van der Waals surface area contributed by atoms with Gasteiger partial charge in [0.1, 0.15) is 22.4 Å². The summed E-state index contributed by atoms with van der Waals surface area (Å²) in [6.45, 7) is 6.54. The summed E-state index contributed by atoms with van der Waals surface area (Å²) in [4.78, 5) is 14.8. The number of ether oxygens (including phenoxy) is 1. The molecule has 0 unspecified atom stereocenters. The van der Waals surface area contributed by atoms with Gasteiger partial charge in [-0.3, -0.25) is 9.52 Å². The number of fused-ring (bicyclic) bond motifs is 1. The fourth-order valence-corrected chi connectivity index (χ4v) is 6.30. The Hall–Kier alpha value is -2.68. The Morgan fingerprint density at radius 3 is 2.51 bits per heavy atom. The second-order valence-corrected chi connectivity index (χ2v) is 13.3. The molecule has 0 aliphatic carbocycles. The van der Waals surface area contributed by atoms with Gasteiger partial charge in [0.25, 0.3) is 0 Å². The number of hydrogen-bond donors (Lipinski definition) is 2. The summed E-state index contributed by atoms with van der Waals surface area (Å²) in [6.07, 6.45) is 0.242. The standard InChI is InChI=1S/C23H34N4O8S2/c1-14-11-27(15(2)13-28)22(29)10-18-9-19(25-36(6,30)31)7-8-20(18)34-21(14)12-26(5)37(32,33)23-16(3)24-35-17(23)4/h7-9,14-15,21,25,28H,10-13H2,1-6H3/t14-,15-,21-/m0/s1. The SMILES string of the molecule is Cc1noc(C)c1S(=O)(=O)N(C)C[C@@H]1Oc2ccc(NS(C)(=O)=O)cc2CC(=O)N([C@@H](C)CO)C[C@@H]1C. The molecule has 2 N–H and O–H groups in total. The number of anilines is 1. The predicted octanol–water partition coefficient (Wildman–Crippen LogP) is 1.13. The van der Waals surface area contributed by atoms with Crippen LogP contribution in [0.5, 0.6) is 5.75 Å². The van der Waals surface area contributed by atoms with Crippen molar-refractivity contribution in [2.45, 2.75) is 51.2 Å². The molecule has 0 spiro atoms. The lowest BCUT2D eigenvalue weighted by atomic mass is 10.0. The number of amides is 1. The molecule has 1 amide bonds. The van der Waals surface area contributed by atoms with Crippen molar-refractivity contribution in [3.05, 3.63) is 35.2 Å². The summed E-state index contributed by atoms with van der Waals surface area (Å²) in [5, 5.41) is 13.5. The van der Waals surface area contributed by atoms with Crippen molar-refractivity contribution < 1.29 is 36.0 Å². The van der Waals surface area contributed by atoms with Crippen LogP contribution in [-0.2, 0) is 31.3 Å². The number of hydrogen-bond acceptors (Lipinski definition) is 9. The smallest absolute Gasteiger partial charge is 0.248 e. The third-order valence-corrected chi connectivity index (χ3v) is 8.97. The zero-order chi connectivity index (χ0) is 27.7. The highest BCUT2D eigenvalue weighted by atomic mass is 32.2. The molecule has 1 aromatic heterocycles. The normalized spacial score (nSPS) is 20.0. The molecule has 206 valence electrons. The van der Waals surface area contributed by atoms with E-state index in [4.69, 9.17) is 9.26 Å². The van der Waals surface area contributed by atoms with Crippen molar-refractivity contribution in [1.29, 1.82) is 0 Å². The van der Waals surface area contributed by atoms with E-state index >= 15 is 0 Å². The number of sulfonamides is 2. The van der Waals surface area contributed by atoms with E-state index in [1.54, 1.807) is 19.9 Å². The van der Waals surface area contributed by atoms with Crippen LogP contribution in [0.3, 0.4) is 0 Å². The predicted molar refractivity (Wildman–Crippen MR) is 136 cm³/mol. The van der Waals surface area contributed by atoms with Crippen molar-refractivity contribution in [3.8, 4) is 5.75 Å². The third kappa shape index (κ3) is 6.61. The van der Waals surface area contributed by atoms with Crippen molar-refractivity contribution in [1.82, 2.24) is 14.4 Å². The van der Waals surface area contributed by atoms with Gasteiger partial charge in [0, 0.05) is 30.8 Å². The number of aliphatic hydroxyl groups excluding tert-OH is 1. The van der Waals surface area contributed by atoms with Crippen LogP contribution in [0.15, 0.2) is 27.6 Å². The highest BCUT2D eigenvalue weighted by molar-refractivity contribution is 7.92. The zero-order valence-corrected chi connectivity index (χ0v) is 23.4. The van der Waals surface area contributed by atoms with E-state index in [-0.39, 0.29) is 60.0 Å². The Morgan fingerprint density at radius 1 is 1.27 bits per heavy atom. The van der Waals surface area contributed by atoms with Crippen LogP contribution in [0, 0.1) is 19.8 Å². The number of carbonyl (C=O) groups excluding carboxylic acids is 1. The molecule has 1 aromatic carbocycles. The highest BCUT2D eigenvalue weighted by Gasteiger charge is 2.35. The van der Waals surface area contributed by atoms with Gasteiger partial charge in [-0.25, -0.2) is 16.8 Å². The fourth-order valence-electron chi connectivity index (χ4n) is 4.28. The Balaban J connectivity index is 2.02. The maximum Gasteiger partial charge on any atom is 0.248 e. The Bertz CT molecular complexity index is 1340. The lowest BCUT2D eigenvalue weighted by Gasteiger charge is -2.33. The van der Waals surface area contributed by atoms with E-state index in [9.17, 15) is 26.7 Å². The van der Waals surface area contributed by atoms with E-state index in [1.165, 1.54) is 35.3 Å². The van der Waals surface area contributed by atoms with Crippen molar-refractivity contribution in [2.24, 2.45) is 5.92 Å². The van der Waals surface area contributed by atoms with E-state index in [1.807, 2.05) is 6.92 Å². The molecule has 0 radical (unpaired) electrons. The van der Waals surface area contributed by atoms with Gasteiger partial charge in [0.2, 0.25) is 26.0 Å². The number of nitrogens with one attached hydrogen (secondary N) is 1. The number of aryl methyl sites for hydroxylation is 2. The Morgan fingerprint density at radius 2 is 1.95 bits per heavy atom. The molecule has 3 rings (SSSR count). The van der Waals surface area contributed by atoms with E-state index < -0.39 is 32.2 Å². The number of aromatic nitrogens is 1. The van der Waals surface area contributed by atoms with Gasteiger partial charge in [-0.15, -0.1) is 0 Å². The van der Waals surface area contributed by atoms with Crippen LogP contribution in [0.25, 0.3) is 0 Å². The molecule has 37 heavy (non-hydrogen) atoms. The van der Waals surface area contributed by atoms with Gasteiger partial charge < -0.3 is 19.3 Å². The Kier molecular flexibility index (Phi) is 8.57. The minimum absolute atomic E-state index is 0.00619. The summed E-state index contributed by atoms with van der Waals surface area (Å²) >= 11 is 0. The van der Waals surface area contributed by atoms with Gasteiger partial charge in [0.05, 0.1) is 31.9 Å². The first-order valence-electron chi connectivity index (χ1n) is 11.7. The maximum atomic E-state index is 13.3. The molecule has 2 aromatic rings. The molecule has 1 aliphatic heterocycles. The summed E-state index contributed by atoms with van der Waals surface area (Å²) in [6, 6.07) is 4.11. The minimum atomic E-state index is -3.96. The topological polar surface area (TPSA) is 159 Å². The molecule has 0 saturated heterocycles. The van der Waals surface area contributed by atoms with Crippen molar-refractivity contribution in [2.75, 3.05) is 37.7 Å². The summed E-state index contributed by atoms with van der Waals surface area (Å²) in [7, 11) is -6.08. The number of aliphatic hydroxyl groups is 1. The van der Waals surface area contributed by atoms with Crippen molar-refractivity contribution in [3.63, 3.8) is 0 Å². The van der Waals surface area contributed by atoms with E-state index in [0.29, 0.717) is 11.3 Å². The van der Waals surface area contributed by atoms with Gasteiger partial charge in [0.15, 0.2) is 5.76 Å². The summed E-state index contributed by atoms with van der Waals surface area (Å²) < 4.78 is 65.0. The fraction of sp³-hybridized carbons (Fsp3) is 0.565. The molecule has 0 saturated carbocycles. The van der Waals surface area contributed by atoms with Gasteiger partial charge in [-0.05, 0) is 39.0 Å². The molecule has 14 heteroatoms. The molecule has 0 bridgehead atoms.